The molecule has 132 valence electrons. The van der Waals surface area contributed by atoms with Gasteiger partial charge in [0.1, 0.15) is 11.5 Å². The summed E-state index contributed by atoms with van der Waals surface area (Å²) in [7, 11) is 1.72. The molecule has 26 heavy (non-hydrogen) atoms. The van der Waals surface area contributed by atoms with E-state index in [0.717, 1.165) is 11.4 Å². The molecule has 3 rings (SSSR count). The van der Waals surface area contributed by atoms with Crippen LogP contribution in [0.1, 0.15) is 16.1 Å². The Hall–Kier alpha value is -3.21. The maximum absolute atomic E-state index is 13.6. The summed E-state index contributed by atoms with van der Waals surface area (Å²) >= 11 is 0. The Morgan fingerprint density at radius 3 is 2.58 bits per heavy atom. The van der Waals surface area contributed by atoms with Crippen molar-refractivity contribution in [3.8, 4) is 0 Å². The second kappa shape index (κ2) is 8.25. The van der Waals surface area contributed by atoms with E-state index in [2.05, 4.69) is 10.3 Å². The van der Waals surface area contributed by atoms with Crippen LogP contribution in [0.3, 0.4) is 0 Å². The number of benzene rings is 2. The smallest absolute Gasteiger partial charge is 0.276 e. The molecular weight excluding hydrogens is 329 g/mol. The molecular formula is C21H20FN3O. The second-order valence-corrected chi connectivity index (χ2v) is 5.90. The minimum Gasteiger partial charge on any atom is -0.385 e. The van der Waals surface area contributed by atoms with Gasteiger partial charge in [-0.3, -0.25) is 9.78 Å². The Labute approximate surface area is 152 Å². The average Bonchev–Trinajstić information content (AvgIpc) is 2.69. The van der Waals surface area contributed by atoms with Gasteiger partial charge in [0.2, 0.25) is 0 Å². The van der Waals surface area contributed by atoms with E-state index >= 15 is 0 Å². The lowest BCUT2D eigenvalue weighted by atomic mass is 10.1. The number of aromatic nitrogens is 1. The number of para-hydroxylation sites is 1. The van der Waals surface area contributed by atoms with Crippen LogP contribution in [0.2, 0.25) is 0 Å². The van der Waals surface area contributed by atoms with E-state index in [0.29, 0.717) is 24.2 Å². The SMILES string of the molecule is CN(C(=O)c1cc(NCCc2ccccc2F)ccn1)c1ccccc1. The zero-order valence-electron chi connectivity index (χ0n) is 14.5. The van der Waals surface area contributed by atoms with Crippen molar-refractivity contribution >= 4 is 17.3 Å². The first kappa shape index (κ1) is 17.6. The standard InChI is InChI=1S/C21H20FN3O/c1-25(18-8-3-2-4-9-18)21(26)20-15-17(12-14-24-20)23-13-11-16-7-5-6-10-19(16)22/h2-10,12,14-15H,11,13H2,1H3,(H,23,24). The van der Waals surface area contributed by atoms with Crippen LogP contribution in [-0.4, -0.2) is 24.5 Å². The lowest BCUT2D eigenvalue weighted by molar-refractivity contribution is 0.0988. The van der Waals surface area contributed by atoms with Crippen molar-refractivity contribution < 1.29 is 9.18 Å². The number of amides is 1. The first-order valence-corrected chi connectivity index (χ1v) is 8.41. The number of halogens is 1. The zero-order valence-corrected chi connectivity index (χ0v) is 14.5. The highest BCUT2D eigenvalue weighted by Crippen LogP contribution is 2.16. The number of anilines is 2. The number of hydrogen-bond donors (Lipinski definition) is 1. The highest BCUT2D eigenvalue weighted by molar-refractivity contribution is 6.04. The maximum atomic E-state index is 13.6. The van der Waals surface area contributed by atoms with E-state index in [9.17, 15) is 9.18 Å². The van der Waals surface area contributed by atoms with Gasteiger partial charge in [0.05, 0.1) is 0 Å². The summed E-state index contributed by atoms with van der Waals surface area (Å²) in [6, 6.07) is 19.6. The molecule has 4 nitrogen and oxygen atoms in total. The van der Waals surface area contributed by atoms with Gasteiger partial charge in [-0.2, -0.15) is 0 Å². The molecule has 0 bridgehead atoms. The fourth-order valence-electron chi connectivity index (χ4n) is 2.64. The molecule has 1 aromatic heterocycles. The summed E-state index contributed by atoms with van der Waals surface area (Å²) in [6.45, 7) is 0.563. The van der Waals surface area contributed by atoms with Crippen LogP contribution in [0, 0.1) is 5.82 Å². The van der Waals surface area contributed by atoms with Crippen LogP contribution in [-0.2, 0) is 6.42 Å². The summed E-state index contributed by atoms with van der Waals surface area (Å²) in [5.41, 5.74) is 2.60. The third-order valence-electron chi connectivity index (χ3n) is 4.11. The molecule has 0 radical (unpaired) electrons. The van der Waals surface area contributed by atoms with E-state index < -0.39 is 0 Å². The van der Waals surface area contributed by atoms with Crippen LogP contribution < -0.4 is 10.2 Å². The molecule has 0 aliphatic rings. The molecule has 0 aliphatic carbocycles. The van der Waals surface area contributed by atoms with Gasteiger partial charge in [-0.25, -0.2) is 4.39 Å². The van der Waals surface area contributed by atoms with Crippen molar-refractivity contribution in [3.05, 3.63) is 90.0 Å². The highest BCUT2D eigenvalue weighted by Gasteiger charge is 2.15. The summed E-state index contributed by atoms with van der Waals surface area (Å²) in [4.78, 5) is 18.4. The van der Waals surface area contributed by atoms with Crippen LogP contribution in [0.5, 0.6) is 0 Å². The first-order valence-electron chi connectivity index (χ1n) is 8.41. The number of carbonyl (C=O) groups excluding carboxylic acids is 1. The molecule has 1 heterocycles. The predicted octanol–water partition coefficient (Wildman–Crippen LogP) is 4.15. The predicted molar refractivity (Wildman–Crippen MR) is 102 cm³/mol. The molecule has 5 heteroatoms. The van der Waals surface area contributed by atoms with Gasteiger partial charge in [-0.05, 0) is 42.3 Å². The van der Waals surface area contributed by atoms with E-state index in [1.165, 1.54) is 6.07 Å². The zero-order chi connectivity index (χ0) is 18.4. The molecule has 0 saturated heterocycles. The summed E-state index contributed by atoms with van der Waals surface area (Å²) in [5, 5.41) is 3.22. The van der Waals surface area contributed by atoms with E-state index in [1.807, 2.05) is 36.4 Å². The van der Waals surface area contributed by atoms with Gasteiger partial charge in [0, 0.05) is 31.2 Å². The minimum atomic E-state index is -0.204. The molecule has 1 N–H and O–H groups in total. The molecule has 1 amide bonds. The molecule has 0 atom stereocenters. The molecule has 2 aromatic carbocycles. The number of carbonyl (C=O) groups is 1. The van der Waals surface area contributed by atoms with E-state index in [1.54, 1.807) is 42.4 Å². The average molecular weight is 349 g/mol. The summed E-state index contributed by atoms with van der Waals surface area (Å²) < 4.78 is 13.6. The van der Waals surface area contributed by atoms with Crippen molar-refractivity contribution in [1.29, 1.82) is 0 Å². The molecule has 0 unspecified atom stereocenters. The molecule has 0 saturated carbocycles. The van der Waals surface area contributed by atoms with Gasteiger partial charge in [0.15, 0.2) is 0 Å². The summed E-state index contributed by atoms with van der Waals surface area (Å²) in [6.07, 6.45) is 2.15. The Bertz CT molecular complexity index is 883. The number of rotatable bonds is 6. The second-order valence-electron chi connectivity index (χ2n) is 5.90. The molecule has 0 spiro atoms. The van der Waals surface area contributed by atoms with Gasteiger partial charge < -0.3 is 10.2 Å². The van der Waals surface area contributed by atoms with Crippen molar-refractivity contribution in [1.82, 2.24) is 4.98 Å². The fraction of sp³-hybridized carbons (Fsp3) is 0.143. The minimum absolute atomic E-state index is 0.186. The third-order valence-corrected chi connectivity index (χ3v) is 4.11. The van der Waals surface area contributed by atoms with Crippen molar-refractivity contribution in [2.45, 2.75) is 6.42 Å². The topological polar surface area (TPSA) is 45.2 Å². The van der Waals surface area contributed by atoms with Gasteiger partial charge >= 0.3 is 0 Å². The highest BCUT2D eigenvalue weighted by atomic mass is 19.1. The van der Waals surface area contributed by atoms with E-state index in [4.69, 9.17) is 0 Å². The fourth-order valence-corrected chi connectivity index (χ4v) is 2.64. The van der Waals surface area contributed by atoms with Gasteiger partial charge in [-0.15, -0.1) is 0 Å². The number of nitrogens with zero attached hydrogens (tertiary/aromatic N) is 2. The van der Waals surface area contributed by atoms with E-state index in [-0.39, 0.29) is 11.7 Å². The lowest BCUT2D eigenvalue weighted by Crippen LogP contribution is -2.27. The normalized spacial score (nSPS) is 10.4. The Kier molecular flexibility index (Phi) is 5.59. The number of pyridine rings is 1. The first-order chi connectivity index (χ1) is 12.6. The largest absolute Gasteiger partial charge is 0.385 e. The Morgan fingerprint density at radius 2 is 1.81 bits per heavy atom. The monoisotopic (exact) mass is 349 g/mol. The van der Waals surface area contributed by atoms with Crippen molar-refractivity contribution in [3.63, 3.8) is 0 Å². The lowest BCUT2D eigenvalue weighted by Gasteiger charge is -2.17. The van der Waals surface area contributed by atoms with Crippen LogP contribution in [0.4, 0.5) is 15.8 Å². The van der Waals surface area contributed by atoms with Crippen molar-refractivity contribution in [2.24, 2.45) is 0 Å². The summed E-state index contributed by atoms with van der Waals surface area (Å²) in [5.74, 6) is -0.390. The quantitative estimate of drug-likeness (QED) is 0.727. The molecule has 0 fully saturated rings. The van der Waals surface area contributed by atoms with Crippen LogP contribution >= 0.6 is 0 Å². The maximum Gasteiger partial charge on any atom is 0.276 e. The van der Waals surface area contributed by atoms with Crippen LogP contribution in [0.15, 0.2) is 72.9 Å². The number of hydrogen-bond acceptors (Lipinski definition) is 3. The Morgan fingerprint density at radius 1 is 1.08 bits per heavy atom. The number of nitrogens with one attached hydrogen (secondary N) is 1. The molecule has 3 aromatic rings. The van der Waals surface area contributed by atoms with Crippen LogP contribution in [0.25, 0.3) is 0 Å². The molecule has 0 aliphatic heterocycles. The van der Waals surface area contributed by atoms with Gasteiger partial charge in [-0.1, -0.05) is 36.4 Å². The van der Waals surface area contributed by atoms with Gasteiger partial charge in [0.25, 0.3) is 5.91 Å². The third kappa shape index (κ3) is 4.25. The van der Waals surface area contributed by atoms with Crippen molar-refractivity contribution in [2.75, 3.05) is 23.8 Å². The Balaban J connectivity index is 1.64.